The Hall–Kier alpha value is -2.41. The third-order valence-electron chi connectivity index (χ3n) is 10.9. The Balaban J connectivity index is 2.25. The van der Waals surface area contributed by atoms with Gasteiger partial charge in [-0.2, -0.15) is 0 Å². The molecule has 0 aliphatic heterocycles. The highest BCUT2D eigenvalue weighted by Crippen LogP contribution is 2.16. The Labute approximate surface area is 338 Å². The fraction of sp³-hybridized carbons (Fsp3) is 0.812. The largest absolute Gasteiger partial charge is 0.463 e. The van der Waals surface area contributed by atoms with Crippen LogP contribution in [0.25, 0.3) is 0 Å². The SMILES string of the molecule is CCCCCCCCCCCCCCCCCC(=O)OCC(COC(=O)CCCCCCCCCCCCCCCCC)NC(=O)C([NH3+])Cc1ccccc1. The number of unbranched alkanes of at least 4 members (excludes halogenated alkanes) is 28. The van der Waals surface area contributed by atoms with Gasteiger partial charge >= 0.3 is 11.9 Å². The highest BCUT2D eigenvalue weighted by molar-refractivity contribution is 5.81. The van der Waals surface area contributed by atoms with E-state index in [-0.39, 0.29) is 31.1 Å². The first-order valence-electron chi connectivity index (χ1n) is 23.4. The Morgan fingerprint density at radius 1 is 0.491 bits per heavy atom. The molecule has 1 unspecified atom stereocenters. The second-order valence-electron chi connectivity index (χ2n) is 16.4. The van der Waals surface area contributed by atoms with E-state index in [1.807, 2.05) is 30.3 Å². The van der Waals surface area contributed by atoms with Gasteiger partial charge in [-0.15, -0.1) is 0 Å². The van der Waals surface area contributed by atoms with Crippen molar-refractivity contribution in [3.05, 3.63) is 35.9 Å². The Morgan fingerprint density at radius 3 is 1.13 bits per heavy atom. The standard InChI is InChI=1S/C48H86N2O5/c1-3-5-7-9-11-13-15-17-19-21-23-25-27-29-34-38-46(51)54-41-44(50-48(53)45(49)40-43-36-32-31-33-37-43)42-55-47(52)39-35-30-28-26-24-22-20-18-16-14-12-10-8-6-4-2/h31-33,36-37,44-45H,3-30,34-35,38-42,49H2,1-2H3,(H,50,53)/p+1. The first kappa shape index (κ1) is 50.6. The molecule has 318 valence electrons. The van der Waals surface area contributed by atoms with Gasteiger partial charge in [0.05, 0.1) is 6.04 Å². The lowest BCUT2D eigenvalue weighted by Gasteiger charge is -2.20. The number of carbonyl (C=O) groups is 3. The quantitative estimate of drug-likeness (QED) is 0.0510. The third kappa shape index (κ3) is 33.4. The van der Waals surface area contributed by atoms with Gasteiger partial charge in [-0.3, -0.25) is 14.4 Å². The molecule has 1 aromatic rings. The van der Waals surface area contributed by atoms with Crippen LogP contribution in [0.3, 0.4) is 0 Å². The van der Waals surface area contributed by atoms with E-state index in [1.54, 1.807) is 0 Å². The van der Waals surface area contributed by atoms with Crippen LogP contribution in [0.2, 0.25) is 0 Å². The summed E-state index contributed by atoms with van der Waals surface area (Å²) in [6, 6.07) is 8.65. The van der Waals surface area contributed by atoms with Gasteiger partial charge in [-0.25, -0.2) is 0 Å². The minimum absolute atomic E-state index is 0.0202. The molecule has 0 aliphatic carbocycles. The predicted octanol–water partition coefficient (Wildman–Crippen LogP) is 11.9. The highest BCUT2D eigenvalue weighted by atomic mass is 16.5. The average Bonchev–Trinajstić information content (AvgIpc) is 3.19. The van der Waals surface area contributed by atoms with Crippen molar-refractivity contribution < 1.29 is 29.6 Å². The van der Waals surface area contributed by atoms with Gasteiger partial charge in [0, 0.05) is 19.3 Å². The van der Waals surface area contributed by atoms with Crippen molar-refractivity contribution in [1.82, 2.24) is 5.32 Å². The summed E-state index contributed by atoms with van der Waals surface area (Å²) in [5.41, 5.74) is 5.08. The third-order valence-corrected chi connectivity index (χ3v) is 10.9. The van der Waals surface area contributed by atoms with Crippen LogP contribution in [-0.2, 0) is 30.3 Å². The molecule has 0 aliphatic rings. The molecule has 0 saturated heterocycles. The normalized spacial score (nSPS) is 11.9. The van der Waals surface area contributed by atoms with Crippen molar-refractivity contribution in [2.75, 3.05) is 13.2 Å². The van der Waals surface area contributed by atoms with Gasteiger partial charge < -0.3 is 20.5 Å². The van der Waals surface area contributed by atoms with Crippen LogP contribution in [-0.4, -0.2) is 43.1 Å². The molecule has 55 heavy (non-hydrogen) atoms. The summed E-state index contributed by atoms with van der Waals surface area (Å²) in [4.78, 5) is 38.2. The molecule has 0 spiro atoms. The predicted molar refractivity (Wildman–Crippen MR) is 230 cm³/mol. The number of rotatable bonds is 40. The Bertz CT molecular complexity index is 969. The van der Waals surface area contributed by atoms with Crippen molar-refractivity contribution in [3.63, 3.8) is 0 Å². The van der Waals surface area contributed by atoms with E-state index >= 15 is 0 Å². The molecule has 1 amide bonds. The topological polar surface area (TPSA) is 109 Å². The zero-order chi connectivity index (χ0) is 39.9. The first-order chi connectivity index (χ1) is 27.0. The summed E-state index contributed by atoms with van der Waals surface area (Å²) in [5, 5.41) is 2.94. The second kappa shape index (κ2) is 38.5. The number of quaternary nitrogens is 1. The van der Waals surface area contributed by atoms with Crippen LogP contribution < -0.4 is 11.1 Å². The highest BCUT2D eigenvalue weighted by Gasteiger charge is 2.23. The summed E-state index contributed by atoms with van der Waals surface area (Å²) in [5.74, 6) is -0.784. The molecule has 0 radical (unpaired) electrons. The minimum Gasteiger partial charge on any atom is -0.463 e. The molecule has 0 heterocycles. The number of ether oxygens (including phenoxy) is 2. The molecule has 1 aromatic carbocycles. The van der Waals surface area contributed by atoms with Crippen molar-refractivity contribution in [2.45, 2.75) is 238 Å². The van der Waals surface area contributed by atoms with Crippen LogP contribution >= 0.6 is 0 Å². The lowest BCUT2D eigenvalue weighted by atomic mass is 10.0. The fourth-order valence-electron chi connectivity index (χ4n) is 7.25. The second-order valence-corrected chi connectivity index (χ2v) is 16.4. The molecular weight excluding hydrogens is 685 g/mol. The number of hydrogen-bond donors (Lipinski definition) is 2. The van der Waals surface area contributed by atoms with Crippen LogP contribution in [0.1, 0.15) is 225 Å². The molecule has 0 fully saturated rings. The van der Waals surface area contributed by atoms with Gasteiger partial charge in [0.25, 0.3) is 5.91 Å². The van der Waals surface area contributed by atoms with Crippen molar-refractivity contribution >= 4 is 17.8 Å². The van der Waals surface area contributed by atoms with Gasteiger partial charge in [0.15, 0.2) is 6.04 Å². The summed E-state index contributed by atoms with van der Waals surface area (Å²) in [6.45, 7) is 4.50. The van der Waals surface area contributed by atoms with Crippen LogP contribution in [0.15, 0.2) is 30.3 Å². The van der Waals surface area contributed by atoms with E-state index in [2.05, 4.69) is 24.9 Å². The molecule has 7 nitrogen and oxygen atoms in total. The van der Waals surface area contributed by atoms with E-state index in [0.717, 1.165) is 44.1 Å². The Morgan fingerprint density at radius 2 is 0.800 bits per heavy atom. The maximum Gasteiger partial charge on any atom is 0.305 e. The van der Waals surface area contributed by atoms with E-state index < -0.39 is 12.1 Å². The molecule has 0 saturated carbocycles. The average molecular weight is 772 g/mol. The molecule has 1 atom stereocenters. The molecule has 4 N–H and O–H groups in total. The maximum atomic E-state index is 13.1. The van der Waals surface area contributed by atoms with E-state index in [9.17, 15) is 14.4 Å². The van der Waals surface area contributed by atoms with Crippen molar-refractivity contribution in [2.24, 2.45) is 0 Å². The number of hydrogen-bond acceptors (Lipinski definition) is 5. The lowest BCUT2D eigenvalue weighted by Crippen LogP contribution is -2.69. The maximum absolute atomic E-state index is 13.1. The zero-order valence-corrected chi connectivity index (χ0v) is 36.0. The zero-order valence-electron chi connectivity index (χ0n) is 36.0. The van der Waals surface area contributed by atoms with E-state index in [0.29, 0.717) is 19.3 Å². The lowest BCUT2D eigenvalue weighted by molar-refractivity contribution is -0.403. The van der Waals surface area contributed by atoms with Crippen LogP contribution in [0, 0.1) is 0 Å². The monoisotopic (exact) mass is 772 g/mol. The van der Waals surface area contributed by atoms with Crippen molar-refractivity contribution in [3.8, 4) is 0 Å². The van der Waals surface area contributed by atoms with E-state index in [4.69, 9.17) is 9.47 Å². The number of amides is 1. The number of benzene rings is 1. The number of nitrogens with one attached hydrogen (secondary N) is 1. The summed E-state index contributed by atoms with van der Waals surface area (Å²) in [7, 11) is 0. The van der Waals surface area contributed by atoms with Gasteiger partial charge in [-0.1, -0.05) is 224 Å². The molecule has 0 aromatic heterocycles. The molecule has 7 heteroatoms. The molecule has 0 bridgehead atoms. The fourth-order valence-corrected chi connectivity index (χ4v) is 7.25. The van der Waals surface area contributed by atoms with Crippen LogP contribution in [0.5, 0.6) is 0 Å². The van der Waals surface area contributed by atoms with Crippen molar-refractivity contribution in [1.29, 1.82) is 0 Å². The van der Waals surface area contributed by atoms with Gasteiger partial charge in [0.1, 0.15) is 13.2 Å². The smallest absolute Gasteiger partial charge is 0.305 e. The van der Waals surface area contributed by atoms with E-state index in [1.165, 1.54) is 154 Å². The first-order valence-corrected chi connectivity index (χ1v) is 23.4. The minimum atomic E-state index is -0.609. The van der Waals surface area contributed by atoms with Gasteiger partial charge in [0.2, 0.25) is 0 Å². The Kier molecular flexibility index (Phi) is 35.4. The summed E-state index contributed by atoms with van der Waals surface area (Å²) < 4.78 is 11.2. The summed E-state index contributed by atoms with van der Waals surface area (Å²) in [6.07, 6.45) is 39.5. The number of esters is 2. The summed E-state index contributed by atoms with van der Waals surface area (Å²) >= 11 is 0. The number of carbonyl (C=O) groups excluding carboxylic acids is 3. The van der Waals surface area contributed by atoms with Gasteiger partial charge in [-0.05, 0) is 18.4 Å². The van der Waals surface area contributed by atoms with Crippen LogP contribution in [0.4, 0.5) is 0 Å². The molecular formula is C48H87N2O5+. The molecule has 1 rings (SSSR count).